The Hall–Kier alpha value is 3.22. The summed E-state index contributed by atoms with van der Waals surface area (Å²) in [6, 6.07) is 0. The second-order valence-corrected chi connectivity index (χ2v) is 2.87. The van der Waals surface area contributed by atoms with Crippen molar-refractivity contribution in [3.63, 3.8) is 0 Å². The standard InChI is InChI=1S/2K.Mg.HNO3.H3O4P.H2O4S/c;;;2-1(3)4;2*1-5(2,3)4/h;;;(H,2,3,4);(H3,1,2,3,4);(H2,1,2,3,4)/q2*+1;+2;;;/p-4. The summed E-state index contributed by atoms with van der Waals surface area (Å²) in [5.41, 5.74) is 0. The molecule has 0 spiro atoms. The molecule has 0 aromatic heterocycles. The zero-order valence-electron chi connectivity index (χ0n) is 8.58. The topological polar surface area (TPSA) is 227 Å². The third-order valence-electron chi connectivity index (χ3n) is 0. The van der Waals surface area contributed by atoms with Gasteiger partial charge in [0, 0.05) is 10.4 Å². The van der Waals surface area contributed by atoms with Crippen LogP contribution in [0.5, 0.6) is 0 Å². The van der Waals surface area contributed by atoms with E-state index < -0.39 is 23.3 Å². The van der Waals surface area contributed by atoms with Crippen LogP contribution in [0.3, 0.4) is 0 Å². The Balaban J connectivity index is -0.0000000247. The Bertz CT molecular complexity index is 274. The van der Waals surface area contributed by atoms with Gasteiger partial charge in [0.15, 0.2) is 0 Å². The van der Waals surface area contributed by atoms with Crippen molar-refractivity contribution in [2.75, 3.05) is 0 Å². The van der Waals surface area contributed by atoms with E-state index in [1.54, 1.807) is 0 Å². The SMILES string of the molecule is O=P([O-])([O-])O.O=S(=O)([O-])[O-].O=[N+]([O-])O.[K+].[K+].[Mg+2]. The van der Waals surface area contributed by atoms with Crippen molar-refractivity contribution >= 4 is 41.3 Å². The normalized spacial score (nSPS) is 8.29. The van der Waals surface area contributed by atoms with Gasteiger partial charge >= 0.3 is 126 Å². The molecule has 0 aliphatic heterocycles. The maximum atomic E-state index is 8.66. The third kappa shape index (κ3) is 550. The van der Waals surface area contributed by atoms with E-state index in [0.717, 1.165) is 0 Å². The minimum Gasteiger partial charge on any atom is -0.790 e. The molecule has 0 fully saturated rings. The smallest absolute Gasteiger partial charge is 0.790 e. The molecule has 0 aliphatic carbocycles. The molecule has 17 heteroatoms. The molecule has 0 bridgehead atoms. The van der Waals surface area contributed by atoms with E-state index in [2.05, 4.69) is 0 Å². The van der Waals surface area contributed by atoms with Crippen molar-refractivity contribution in [1.29, 1.82) is 0 Å². The predicted molar refractivity (Wildman–Crippen MR) is 34.8 cm³/mol. The van der Waals surface area contributed by atoms with Crippen LogP contribution in [-0.4, -0.2) is 55.8 Å². The predicted octanol–water partition coefficient (Wildman–Crippen LogP) is -10.3. The molecule has 0 atom stereocenters. The Morgan fingerprint density at radius 2 is 1.12 bits per heavy atom. The second-order valence-electron chi connectivity index (χ2n) is 1.11. The van der Waals surface area contributed by atoms with Gasteiger partial charge in [-0.15, -0.1) is 10.1 Å². The first-order chi connectivity index (χ1) is 5.73. The summed E-state index contributed by atoms with van der Waals surface area (Å²) in [5, 5.41) is 13.6. The molecule has 17 heavy (non-hydrogen) atoms. The Morgan fingerprint density at radius 3 is 1.12 bits per heavy atom. The van der Waals surface area contributed by atoms with Gasteiger partial charge in [0.25, 0.3) is 5.09 Å². The minimum atomic E-state index is -5.17. The molecule has 0 amide bonds. The van der Waals surface area contributed by atoms with Crippen LogP contribution in [-0.2, 0) is 15.0 Å². The van der Waals surface area contributed by atoms with Crippen molar-refractivity contribution in [3.05, 3.63) is 10.1 Å². The summed E-state index contributed by atoms with van der Waals surface area (Å²) in [4.78, 5) is 32.6. The van der Waals surface area contributed by atoms with Crippen LogP contribution in [0.1, 0.15) is 0 Å². The maximum Gasteiger partial charge on any atom is 2.00 e. The molecular formula is H2K2MgNO11PS. The van der Waals surface area contributed by atoms with Gasteiger partial charge in [-0.3, -0.25) is 8.42 Å². The number of nitrogens with zero attached hydrogens (tertiary/aromatic N) is 1. The first-order valence-electron chi connectivity index (χ1n) is 1.98. The largest absolute Gasteiger partial charge is 2.00 e. The maximum absolute atomic E-state index is 8.66. The zero-order valence-corrected chi connectivity index (χ0v) is 17.9. The molecule has 0 heterocycles. The van der Waals surface area contributed by atoms with Crippen molar-refractivity contribution < 1.29 is 150 Å². The van der Waals surface area contributed by atoms with E-state index in [1.807, 2.05) is 0 Å². The average Bonchev–Trinajstić information content (AvgIpc) is 1.45. The van der Waals surface area contributed by atoms with E-state index >= 15 is 0 Å². The molecule has 0 aromatic rings. The fourth-order valence-corrected chi connectivity index (χ4v) is 0. The van der Waals surface area contributed by atoms with Gasteiger partial charge in [0.2, 0.25) is 0 Å². The second kappa shape index (κ2) is 19.2. The van der Waals surface area contributed by atoms with Gasteiger partial charge < -0.3 is 33.6 Å². The third-order valence-corrected chi connectivity index (χ3v) is 0. The zero-order chi connectivity index (χ0) is 12.6. The summed E-state index contributed by atoms with van der Waals surface area (Å²) in [6.07, 6.45) is 0. The van der Waals surface area contributed by atoms with Gasteiger partial charge in [-0.2, -0.15) is 0 Å². The first kappa shape index (κ1) is 36.9. The van der Waals surface area contributed by atoms with Crippen molar-refractivity contribution in [3.8, 4) is 0 Å². The molecule has 0 saturated heterocycles. The first-order valence-corrected chi connectivity index (χ1v) is 4.81. The van der Waals surface area contributed by atoms with Gasteiger partial charge in [-0.05, 0) is 0 Å². The number of phosphoric acid groups is 1. The summed E-state index contributed by atoms with van der Waals surface area (Å²) < 4.78 is 42.7. The van der Waals surface area contributed by atoms with Crippen LogP contribution in [0.4, 0.5) is 0 Å². The van der Waals surface area contributed by atoms with Gasteiger partial charge in [-0.1, -0.05) is 0 Å². The Morgan fingerprint density at radius 1 is 1.12 bits per heavy atom. The monoisotopic (exact) mass is 357 g/mol. The van der Waals surface area contributed by atoms with E-state index in [0.29, 0.717) is 0 Å². The van der Waals surface area contributed by atoms with E-state index in [-0.39, 0.29) is 126 Å². The molecule has 0 radical (unpaired) electrons. The van der Waals surface area contributed by atoms with Crippen molar-refractivity contribution in [1.82, 2.24) is 0 Å². The van der Waals surface area contributed by atoms with Crippen molar-refractivity contribution in [2.45, 2.75) is 0 Å². The Kier molecular flexibility index (Phi) is 41.8. The molecule has 0 rings (SSSR count). The molecule has 0 unspecified atom stereocenters. The van der Waals surface area contributed by atoms with Crippen molar-refractivity contribution in [2.24, 2.45) is 0 Å². The average molecular weight is 358 g/mol. The van der Waals surface area contributed by atoms with Crippen LogP contribution in [0, 0.1) is 10.1 Å². The quantitative estimate of drug-likeness (QED) is 0.103. The molecule has 2 N–H and O–H groups in total. The fourth-order valence-electron chi connectivity index (χ4n) is 0. The van der Waals surface area contributed by atoms with Crippen LogP contribution in [0.2, 0.25) is 0 Å². The molecular weight excluding hydrogens is 356 g/mol. The van der Waals surface area contributed by atoms with Gasteiger partial charge in [0.05, 0.1) is 7.82 Å². The van der Waals surface area contributed by atoms with E-state index in [4.69, 9.17) is 52.1 Å². The summed E-state index contributed by atoms with van der Waals surface area (Å²) in [7, 11) is -10.3. The molecule has 0 aliphatic rings. The summed E-state index contributed by atoms with van der Waals surface area (Å²) in [5.74, 6) is 0. The minimum absolute atomic E-state index is 0. The molecule has 0 saturated carbocycles. The van der Waals surface area contributed by atoms with Crippen LogP contribution in [0.25, 0.3) is 0 Å². The van der Waals surface area contributed by atoms with Crippen LogP contribution in [0.15, 0.2) is 0 Å². The molecule has 0 aromatic carbocycles. The summed E-state index contributed by atoms with van der Waals surface area (Å²) in [6.45, 7) is 0. The van der Waals surface area contributed by atoms with Crippen LogP contribution >= 0.6 is 7.82 Å². The van der Waals surface area contributed by atoms with Crippen LogP contribution < -0.4 is 113 Å². The number of hydrogen-bond donors (Lipinski definition) is 2. The number of rotatable bonds is 0. The summed E-state index contributed by atoms with van der Waals surface area (Å²) >= 11 is 0. The van der Waals surface area contributed by atoms with Gasteiger partial charge in [-0.25, -0.2) is 0 Å². The Labute approximate surface area is 196 Å². The molecule has 88 valence electrons. The number of hydrogen-bond acceptors (Lipinski definition) is 9. The van der Waals surface area contributed by atoms with Gasteiger partial charge in [0.1, 0.15) is 0 Å². The molecule has 12 nitrogen and oxygen atoms in total. The fraction of sp³-hybridized carbons (Fsp3) is 0. The van der Waals surface area contributed by atoms with E-state index in [9.17, 15) is 0 Å². The van der Waals surface area contributed by atoms with E-state index in [1.165, 1.54) is 0 Å².